The number of hydrogen-bond donors (Lipinski definition) is 1. The second-order valence-corrected chi connectivity index (χ2v) is 5.01. The van der Waals surface area contributed by atoms with E-state index in [1.54, 1.807) is 18.7 Å². The molecule has 1 aliphatic rings. The first-order chi connectivity index (χ1) is 7.35. The molecule has 0 aromatic heterocycles. The van der Waals surface area contributed by atoms with E-state index in [1.807, 2.05) is 20.8 Å². The van der Waals surface area contributed by atoms with E-state index in [0.29, 0.717) is 6.42 Å². The number of nitrogens with zero attached hydrogens (tertiary/aromatic N) is 1. The van der Waals surface area contributed by atoms with E-state index < -0.39 is 5.54 Å². The monoisotopic (exact) mass is 226 g/mol. The van der Waals surface area contributed by atoms with Gasteiger partial charge < -0.3 is 10.2 Å². The number of piperazine rings is 1. The van der Waals surface area contributed by atoms with Crippen LogP contribution in [-0.4, -0.2) is 34.3 Å². The average molecular weight is 226 g/mol. The molecule has 2 atom stereocenters. The van der Waals surface area contributed by atoms with Gasteiger partial charge in [-0.1, -0.05) is 13.8 Å². The van der Waals surface area contributed by atoms with Crippen molar-refractivity contribution in [2.24, 2.45) is 0 Å². The van der Waals surface area contributed by atoms with Crippen molar-refractivity contribution in [1.82, 2.24) is 10.2 Å². The SMILES string of the molecule is CCC(C)N1C(=O)C(C)(C)NC(=O)C1CC. The van der Waals surface area contributed by atoms with Crippen LogP contribution in [0.4, 0.5) is 0 Å². The second kappa shape index (κ2) is 4.44. The van der Waals surface area contributed by atoms with Crippen molar-refractivity contribution in [2.45, 2.75) is 65.1 Å². The minimum atomic E-state index is -0.772. The third kappa shape index (κ3) is 2.06. The minimum absolute atomic E-state index is 0.0216. The lowest BCUT2D eigenvalue weighted by atomic mass is 9.93. The van der Waals surface area contributed by atoms with Crippen LogP contribution in [0.15, 0.2) is 0 Å². The minimum Gasteiger partial charge on any atom is -0.340 e. The Hall–Kier alpha value is -1.06. The molecule has 0 aromatic rings. The highest BCUT2D eigenvalue weighted by Crippen LogP contribution is 2.23. The Morgan fingerprint density at radius 2 is 1.94 bits per heavy atom. The molecule has 4 heteroatoms. The Morgan fingerprint density at radius 1 is 1.38 bits per heavy atom. The van der Waals surface area contributed by atoms with Gasteiger partial charge in [-0.15, -0.1) is 0 Å². The van der Waals surface area contributed by atoms with Crippen LogP contribution in [0.25, 0.3) is 0 Å². The van der Waals surface area contributed by atoms with E-state index in [0.717, 1.165) is 6.42 Å². The fourth-order valence-electron chi connectivity index (χ4n) is 2.12. The highest BCUT2D eigenvalue weighted by atomic mass is 16.2. The predicted molar refractivity (Wildman–Crippen MR) is 62.9 cm³/mol. The van der Waals surface area contributed by atoms with E-state index in [2.05, 4.69) is 5.32 Å². The van der Waals surface area contributed by atoms with Crippen molar-refractivity contribution >= 4 is 11.8 Å². The van der Waals surface area contributed by atoms with Crippen LogP contribution in [-0.2, 0) is 9.59 Å². The van der Waals surface area contributed by atoms with Crippen molar-refractivity contribution < 1.29 is 9.59 Å². The maximum atomic E-state index is 12.3. The standard InChI is InChI=1S/C12H22N2O2/c1-6-8(3)14-9(7-2)10(15)13-12(4,5)11(14)16/h8-9H,6-7H2,1-5H3,(H,13,15). The first-order valence-corrected chi connectivity index (χ1v) is 5.99. The molecule has 1 rings (SSSR count). The van der Waals surface area contributed by atoms with Gasteiger partial charge in [0.25, 0.3) is 0 Å². The van der Waals surface area contributed by atoms with Gasteiger partial charge in [-0.2, -0.15) is 0 Å². The molecule has 4 nitrogen and oxygen atoms in total. The van der Waals surface area contributed by atoms with Crippen LogP contribution in [0.1, 0.15) is 47.5 Å². The second-order valence-electron chi connectivity index (χ2n) is 5.01. The molecular formula is C12H22N2O2. The summed E-state index contributed by atoms with van der Waals surface area (Å²) in [4.78, 5) is 25.9. The Balaban J connectivity index is 3.05. The fourth-order valence-corrected chi connectivity index (χ4v) is 2.12. The lowest BCUT2D eigenvalue weighted by Crippen LogP contribution is -2.69. The summed E-state index contributed by atoms with van der Waals surface area (Å²) >= 11 is 0. The van der Waals surface area contributed by atoms with Gasteiger partial charge in [-0.3, -0.25) is 9.59 Å². The summed E-state index contributed by atoms with van der Waals surface area (Å²) in [6, 6.07) is -0.196. The van der Waals surface area contributed by atoms with Crippen molar-refractivity contribution in [1.29, 1.82) is 0 Å². The molecule has 0 aliphatic carbocycles. The van der Waals surface area contributed by atoms with Gasteiger partial charge in [-0.25, -0.2) is 0 Å². The lowest BCUT2D eigenvalue weighted by Gasteiger charge is -2.45. The van der Waals surface area contributed by atoms with Crippen molar-refractivity contribution in [3.8, 4) is 0 Å². The van der Waals surface area contributed by atoms with E-state index in [9.17, 15) is 9.59 Å². The molecule has 2 amide bonds. The van der Waals surface area contributed by atoms with E-state index >= 15 is 0 Å². The van der Waals surface area contributed by atoms with E-state index in [4.69, 9.17) is 0 Å². The number of nitrogens with one attached hydrogen (secondary N) is 1. The zero-order valence-electron chi connectivity index (χ0n) is 10.8. The molecule has 0 bridgehead atoms. The number of carbonyl (C=O) groups is 2. The van der Waals surface area contributed by atoms with Gasteiger partial charge in [0.15, 0.2) is 0 Å². The molecule has 0 saturated carbocycles. The summed E-state index contributed by atoms with van der Waals surface area (Å²) in [6.45, 7) is 9.48. The maximum absolute atomic E-state index is 12.3. The van der Waals surface area contributed by atoms with Crippen molar-refractivity contribution in [3.05, 3.63) is 0 Å². The first-order valence-electron chi connectivity index (χ1n) is 5.99. The van der Waals surface area contributed by atoms with Crippen molar-refractivity contribution in [2.75, 3.05) is 0 Å². The maximum Gasteiger partial charge on any atom is 0.248 e. The summed E-state index contributed by atoms with van der Waals surface area (Å²) in [7, 11) is 0. The molecule has 2 unspecified atom stereocenters. The van der Waals surface area contributed by atoms with E-state index in [1.165, 1.54) is 0 Å². The summed E-state index contributed by atoms with van der Waals surface area (Å²) in [5.74, 6) is -0.0132. The molecule has 1 aliphatic heterocycles. The molecule has 1 N–H and O–H groups in total. The highest BCUT2D eigenvalue weighted by Gasteiger charge is 2.45. The Labute approximate surface area is 97.4 Å². The topological polar surface area (TPSA) is 49.4 Å². The quantitative estimate of drug-likeness (QED) is 0.788. The van der Waals surface area contributed by atoms with Gasteiger partial charge in [0.2, 0.25) is 11.8 Å². The van der Waals surface area contributed by atoms with Gasteiger partial charge >= 0.3 is 0 Å². The molecule has 0 aromatic carbocycles. The lowest BCUT2D eigenvalue weighted by molar-refractivity contribution is -0.156. The molecule has 16 heavy (non-hydrogen) atoms. The molecule has 1 saturated heterocycles. The van der Waals surface area contributed by atoms with Crippen LogP contribution in [0.2, 0.25) is 0 Å². The molecule has 1 heterocycles. The highest BCUT2D eigenvalue weighted by molar-refractivity contribution is 5.99. The smallest absolute Gasteiger partial charge is 0.248 e. The Bertz CT molecular complexity index is 299. The van der Waals surface area contributed by atoms with Crippen LogP contribution >= 0.6 is 0 Å². The molecule has 0 radical (unpaired) electrons. The predicted octanol–water partition coefficient (Wildman–Crippen LogP) is 1.30. The molecule has 92 valence electrons. The third-order valence-electron chi connectivity index (χ3n) is 3.30. The summed E-state index contributed by atoms with van der Waals surface area (Å²) in [5.41, 5.74) is -0.772. The number of hydrogen-bond acceptors (Lipinski definition) is 2. The fraction of sp³-hybridized carbons (Fsp3) is 0.833. The van der Waals surface area contributed by atoms with Crippen LogP contribution in [0.5, 0.6) is 0 Å². The normalized spacial score (nSPS) is 26.6. The number of amides is 2. The number of carbonyl (C=O) groups excluding carboxylic acids is 2. The largest absolute Gasteiger partial charge is 0.340 e. The summed E-state index contributed by atoms with van der Waals surface area (Å²) in [6.07, 6.45) is 1.53. The zero-order chi connectivity index (χ0) is 12.5. The Kier molecular flexibility index (Phi) is 3.61. The Morgan fingerprint density at radius 3 is 2.38 bits per heavy atom. The third-order valence-corrected chi connectivity index (χ3v) is 3.30. The first kappa shape index (κ1) is 13.0. The van der Waals surface area contributed by atoms with Gasteiger partial charge in [0, 0.05) is 6.04 Å². The van der Waals surface area contributed by atoms with Crippen molar-refractivity contribution in [3.63, 3.8) is 0 Å². The molecule has 1 fully saturated rings. The average Bonchev–Trinajstić information content (AvgIpc) is 2.21. The number of rotatable bonds is 3. The van der Waals surface area contributed by atoms with E-state index in [-0.39, 0.29) is 23.9 Å². The van der Waals surface area contributed by atoms with Crippen LogP contribution < -0.4 is 5.32 Å². The van der Waals surface area contributed by atoms with Gasteiger partial charge in [-0.05, 0) is 33.6 Å². The van der Waals surface area contributed by atoms with Gasteiger partial charge in [0.1, 0.15) is 11.6 Å². The zero-order valence-corrected chi connectivity index (χ0v) is 10.8. The molecular weight excluding hydrogens is 204 g/mol. The molecule has 0 spiro atoms. The van der Waals surface area contributed by atoms with Crippen LogP contribution in [0.3, 0.4) is 0 Å². The van der Waals surface area contributed by atoms with Crippen LogP contribution in [0, 0.1) is 0 Å². The van der Waals surface area contributed by atoms with Gasteiger partial charge in [0.05, 0.1) is 0 Å². The summed E-state index contributed by atoms with van der Waals surface area (Å²) in [5, 5.41) is 2.79. The summed E-state index contributed by atoms with van der Waals surface area (Å²) < 4.78 is 0.